The molecule has 4 aromatic rings. The van der Waals surface area contributed by atoms with Crippen molar-refractivity contribution in [3.8, 4) is 11.5 Å². The van der Waals surface area contributed by atoms with E-state index in [1.54, 1.807) is 32.1 Å². The minimum absolute atomic E-state index is 0.00158. The van der Waals surface area contributed by atoms with Crippen molar-refractivity contribution in [1.82, 2.24) is 4.57 Å². The number of rotatable bonds is 10. The first-order valence-corrected chi connectivity index (χ1v) is 17.3. The van der Waals surface area contributed by atoms with Crippen LogP contribution in [0.2, 0.25) is 0 Å². The van der Waals surface area contributed by atoms with Gasteiger partial charge in [-0.05, 0) is 115 Å². The molecule has 46 heavy (non-hydrogen) atoms. The third kappa shape index (κ3) is 7.20. The van der Waals surface area contributed by atoms with Gasteiger partial charge >= 0.3 is 5.97 Å². The Balaban J connectivity index is 1.64. The molecular weight excluding hydrogens is 836 g/mol. The van der Waals surface area contributed by atoms with E-state index in [9.17, 15) is 19.7 Å². The molecule has 1 atom stereocenters. The summed E-state index contributed by atoms with van der Waals surface area (Å²) in [4.78, 5) is 43.4. The van der Waals surface area contributed by atoms with Gasteiger partial charge in [-0.25, -0.2) is 9.79 Å². The second-order valence-electron chi connectivity index (χ2n) is 10.5. The van der Waals surface area contributed by atoms with Crippen molar-refractivity contribution in [1.29, 1.82) is 0 Å². The van der Waals surface area contributed by atoms with Crippen LogP contribution in [0.3, 0.4) is 0 Å². The van der Waals surface area contributed by atoms with Crippen molar-refractivity contribution in [3.05, 3.63) is 126 Å². The minimum atomic E-state index is -0.818. The fraction of sp³-hybridized carbons (Fsp3) is 0.242. The number of carbonyl (C=O) groups excluding carboxylic acids is 1. The van der Waals surface area contributed by atoms with E-state index in [1.165, 1.54) is 28.0 Å². The number of hydrogen-bond donors (Lipinski definition) is 0. The first-order valence-electron chi connectivity index (χ1n) is 14.3. The summed E-state index contributed by atoms with van der Waals surface area (Å²) in [5, 5.41) is 11.0. The Morgan fingerprint density at radius 2 is 1.87 bits per heavy atom. The van der Waals surface area contributed by atoms with Gasteiger partial charge in [0.25, 0.3) is 11.2 Å². The van der Waals surface area contributed by atoms with E-state index in [-0.39, 0.29) is 36.1 Å². The lowest BCUT2D eigenvalue weighted by molar-refractivity contribution is -0.384. The summed E-state index contributed by atoms with van der Waals surface area (Å²) in [5.74, 6) is 0.583. The largest absolute Gasteiger partial charge is 0.491 e. The molecular formula is C33H29I2N3O7S. The molecule has 1 aliphatic heterocycles. The van der Waals surface area contributed by atoms with Gasteiger partial charge in [0.15, 0.2) is 4.80 Å². The van der Waals surface area contributed by atoms with Gasteiger partial charge in [-0.2, -0.15) is 0 Å². The van der Waals surface area contributed by atoms with E-state index in [2.05, 4.69) is 45.2 Å². The maximum absolute atomic E-state index is 14.3. The molecule has 0 fully saturated rings. The van der Waals surface area contributed by atoms with E-state index in [0.717, 1.165) is 12.7 Å². The highest BCUT2D eigenvalue weighted by Gasteiger charge is 2.35. The van der Waals surface area contributed by atoms with E-state index >= 15 is 0 Å². The number of benzene rings is 3. The number of nitro benzene ring substituents is 1. The van der Waals surface area contributed by atoms with Crippen molar-refractivity contribution in [2.45, 2.75) is 46.4 Å². The molecule has 0 saturated carbocycles. The van der Waals surface area contributed by atoms with Gasteiger partial charge in [-0.3, -0.25) is 19.5 Å². The van der Waals surface area contributed by atoms with Gasteiger partial charge in [-0.15, -0.1) is 0 Å². The summed E-state index contributed by atoms with van der Waals surface area (Å²) >= 11 is 5.63. The van der Waals surface area contributed by atoms with Crippen LogP contribution in [0.5, 0.6) is 11.5 Å². The summed E-state index contributed by atoms with van der Waals surface area (Å²) in [6.07, 6.45) is 1.64. The molecule has 10 nitrogen and oxygen atoms in total. The summed E-state index contributed by atoms with van der Waals surface area (Å²) in [6.45, 7) is 7.65. The van der Waals surface area contributed by atoms with Gasteiger partial charge in [0.05, 0.1) is 37.0 Å². The zero-order valence-electron chi connectivity index (χ0n) is 25.3. The predicted molar refractivity (Wildman–Crippen MR) is 192 cm³/mol. The van der Waals surface area contributed by atoms with Gasteiger partial charge in [0.1, 0.15) is 24.1 Å². The van der Waals surface area contributed by atoms with Gasteiger partial charge in [0.2, 0.25) is 0 Å². The highest BCUT2D eigenvalue weighted by atomic mass is 127. The van der Waals surface area contributed by atoms with Crippen LogP contribution in [0.1, 0.15) is 50.4 Å². The number of nitro groups is 1. The molecule has 1 aliphatic rings. The summed E-state index contributed by atoms with van der Waals surface area (Å²) < 4.78 is 21.5. The Bertz CT molecular complexity index is 2040. The van der Waals surface area contributed by atoms with Crippen molar-refractivity contribution >= 4 is 74.3 Å². The topological polar surface area (TPSA) is 122 Å². The molecule has 238 valence electrons. The Labute approximate surface area is 295 Å². The number of carbonyl (C=O) groups is 1. The van der Waals surface area contributed by atoms with Crippen molar-refractivity contribution < 1.29 is 23.9 Å². The Kier molecular flexibility index (Phi) is 10.6. The molecule has 0 radical (unpaired) electrons. The number of hydrogen-bond acceptors (Lipinski definition) is 9. The number of esters is 1. The van der Waals surface area contributed by atoms with Gasteiger partial charge in [0, 0.05) is 26.8 Å². The monoisotopic (exact) mass is 865 g/mol. The number of ether oxygens (including phenoxy) is 3. The van der Waals surface area contributed by atoms with E-state index in [4.69, 9.17) is 19.2 Å². The Hall–Kier alpha value is -3.57. The molecule has 13 heteroatoms. The molecule has 0 spiro atoms. The maximum Gasteiger partial charge on any atom is 0.338 e. The molecule has 0 unspecified atom stereocenters. The highest BCUT2D eigenvalue weighted by molar-refractivity contribution is 14.1. The zero-order valence-corrected chi connectivity index (χ0v) is 30.4. The summed E-state index contributed by atoms with van der Waals surface area (Å²) in [7, 11) is 0. The van der Waals surface area contributed by atoms with E-state index in [1.807, 2.05) is 50.2 Å². The minimum Gasteiger partial charge on any atom is -0.491 e. The summed E-state index contributed by atoms with van der Waals surface area (Å²) in [5.41, 5.74) is 2.51. The molecule has 0 amide bonds. The van der Waals surface area contributed by atoms with Crippen molar-refractivity contribution in [2.75, 3.05) is 6.61 Å². The number of thiazole rings is 1. The number of allylic oxidation sites excluding steroid dienone is 1. The standard InChI is InChI=1S/C33H29I2N3O7S/c1-5-43-32(40)28-19(4)36-33-37(29(28)24-8-6-7-9-26(24)45-18(2)3)31(39)27(46-33)15-21-14-22(34)16-25(35)30(21)44-17-20-10-12-23(13-11-20)38(41)42/h6-16,18,29H,5,17H2,1-4H3/b27-15-/t29-/m1/s1. The van der Waals surface area contributed by atoms with E-state index < -0.39 is 16.9 Å². The van der Waals surface area contributed by atoms with Crippen molar-refractivity contribution in [3.63, 3.8) is 0 Å². The average molecular weight is 865 g/mol. The number of para-hydroxylation sites is 1. The third-order valence-corrected chi connectivity index (χ3v) is 9.35. The lowest BCUT2D eigenvalue weighted by Gasteiger charge is -2.26. The van der Waals surface area contributed by atoms with Crippen molar-refractivity contribution in [2.24, 2.45) is 4.99 Å². The van der Waals surface area contributed by atoms with Crippen LogP contribution in [0.15, 0.2) is 81.7 Å². The number of halogens is 2. The predicted octanol–water partition coefficient (Wildman–Crippen LogP) is 6.28. The van der Waals surface area contributed by atoms with E-state index in [0.29, 0.717) is 37.7 Å². The lowest BCUT2D eigenvalue weighted by atomic mass is 9.95. The first kappa shape index (κ1) is 33.8. The molecule has 0 aliphatic carbocycles. The Morgan fingerprint density at radius 1 is 1.15 bits per heavy atom. The van der Waals surface area contributed by atoms with Gasteiger partial charge < -0.3 is 14.2 Å². The average Bonchev–Trinajstić information content (AvgIpc) is 3.30. The normalized spacial score (nSPS) is 14.6. The second-order valence-corrected chi connectivity index (χ2v) is 13.9. The number of fused-ring (bicyclic) bond motifs is 1. The number of aromatic nitrogens is 1. The molecule has 0 bridgehead atoms. The molecule has 5 rings (SSSR count). The van der Waals surface area contributed by atoms with Crippen LogP contribution in [0.25, 0.3) is 6.08 Å². The molecule has 0 saturated heterocycles. The van der Waals surface area contributed by atoms with Crippen LogP contribution in [-0.2, 0) is 16.1 Å². The Morgan fingerprint density at radius 3 is 2.54 bits per heavy atom. The molecule has 0 N–H and O–H groups in total. The molecule has 1 aromatic heterocycles. The van der Waals surface area contributed by atoms with Crippen LogP contribution >= 0.6 is 56.5 Å². The maximum atomic E-state index is 14.3. The highest BCUT2D eigenvalue weighted by Crippen LogP contribution is 2.36. The number of non-ortho nitro benzene ring substituents is 1. The van der Waals surface area contributed by atoms with Crippen LogP contribution in [0.4, 0.5) is 5.69 Å². The third-order valence-electron chi connectivity index (χ3n) is 6.95. The van der Waals surface area contributed by atoms with Gasteiger partial charge in [-0.1, -0.05) is 29.5 Å². The molecule has 2 heterocycles. The van der Waals surface area contributed by atoms with Crippen LogP contribution in [-0.4, -0.2) is 28.2 Å². The quantitative estimate of drug-likeness (QED) is 0.0797. The lowest BCUT2D eigenvalue weighted by Crippen LogP contribution is -2.40. The van der Waals surface area contributed by atoms with Crippen LogP contribution in [0, 0.1) is 17.3 Å². The summed E-state index contributed by atoms with van der Waals surface area (Å²) in [6, 6.07) is 16.6. The fourth-order valence-corrected chi connectivity index (χ4v) is 8.09. The second kappa shape index (κ2) is 14.5. The smallest absolute Gasteiger partial charge is 0.338 e. The molecule has 3 aromatic carbocycles. The first-order chi connectivity index (χ1) is 22.0. The number of nitrogens with zero attached hydrogens (tertiary/aromatic N) is 3. The zero-order chi connectivity index (χ0) is 33.1. The SMILES string of the molecule is CCOC(=O)C1=C(C)N=c2s/c(=C\c3cc(I)cc(I)c3OCc3ccc([N+](=O)[O-])cc3)c(=O)n2[C@@H]1c1ccccc1OC(C)C. The van der Waals surface area contributed by atoms with Crippen LogP contribution < -0.4 is 24.4 Å². The fourth-order valence-electron chi connectivity index (χ4n) is 5.00.